The fraction of sp³-hybridized carbons (Fsp3) is 0.0392. The van der Waals surface area contributed by atoms with Gasteiger partial charge in [-0.15, -0.1) is 11.3 Å². The number of aromatic nitrogens is 8. The van der Waals surface area contributed by atoms with Crippen LogP contribution in [0.25, 0.3) is 178 Å². The first-order valence-electron chi connectivity index (χ1n) is 38.5. The third kappa shape index (κ3) is 10.9. The summed E-state index contributed by atoms with van der Waals surface area (Å²) in [5, 5.41) is 7.07. The van der Waals surface area contributed by atoms with Crippen LogP contribution >= 0.6 is 11.3 Å². The van der Waals surface area contributed by atoms with Crippen molar-refractivity contribution in [3.05, 3.63) is 386 Å². The molecular formula is C102H64N8O3S. The fourth-order valence-electron chi connectivity index (χ4n) is 17.5. The molecule has 4 aliphatic rings. The van der Waals surface area contributed by atoms with E-state index in [4.69, 9.17) is 43.8 Å². The Morgan fingerprint density at radius 2 is 0.614 bits per heavy atom. The van der Waals surface area contributed by atoms with E-state index in [2.05, 4.69) is 300 Å². The van der Waals surface area contributed by atoms with Gasteiger partial charge in [-0.3, -0.25) is 0 Å². The minimum atomic E-state index is -0.172. The van der Waals surface area contributed by atoms with Crippen LogP contribution in [0.3, 0.4) is 0 Å². The summed E-state index contributed by atoms with van der Waals surface area (Å²) < 4.78 is 27.3. The van der Waals surface area contributed by atoms with Crippen molar-refractivity contribution >= 4 is 87.4 Å². The number of thiophene rings is 1. The molecule has 4 atom stereocenters. The Labute approximate surface area is 659 Å². The molecule has 2 aliphatic carbocycles. The van der Waals surface area contributed by atoms with Gasteiger partial charge in [-0.2, -0.15) is 0 Å². The molecule has 20 aromatic rings. The van der Waals surface area contributed by atoms with E-state index in [0.29, 0.717) is 34.9 Å². The molecule has 0 amide bonds. The highest BCUT2D eigenvalue weighted by atomic mass is 32.1. The highest BCUT2D eigenvalue weighted by molar-refractivity contribution is 7.25. The minimum absolute atomic E-state index is 0.0255. The molecule has 0 saturated carbocycles. The van der Waals surface area contributed by atoms with Crippen molar-refractivity contribution in [2.45, 2.75) is 24.0 Å². The molecular weight excluding hydrogens is 1420 g/mol. The molecule has 24 rings (SSSR count). The zero-order chi connectivity index (χ0) is 74.9. The SMILES string of the molecule is C1=CC2c3cc(-c4nc(-c5ccccc5)nc(-c5ccc6c(c5)oc5ccccc56)n4)ccc3OC2c2c1n(-c1ccc(-c3ccccc3)cc1)c1ccccc21.C1=CC2c3cc(-c4nc(-c5ccccc5)nc(-c5ccc6c(c5)sc5ccccc56)n4)ccc3OC2c2c1n(-c1ccc(-c3ccccc3)cc1)c1ccccc21. The van der Waals surface area contributed by atoms with Crippen LogP contribution in [0, 0.1) is 0 Å². The zero-order valence-corrected chi connectivity index (χ0v) is 62.0. The smallest absolute Gasteiger partial charge is 0.164 e. The maximum Gasteiger partial charge on any atom is 0.164 e. The largest absolute Gasteiger partial charge is 0.484 e. The number of rotatable bonds is 10. The predicted octanol–water partition coefficient (Wildman–Crippen LogP) is 25.7. The highest BCUT2D eigenvalue weighted by Gasteiger charge is 2.42. The number of fused-ring (bicyclic) bond motifs is 20. The Hall–Kier alpha value is -14.7. The maximum atomic E-state index is 6.90. The molecule has 0 fully saturated rings. The first kappa shape index (κ1) is 65.2. The average molecular weight is 1480 g/mol. The van der Waals surface area contributed by atoms with Gasteiger partial charge in [0, 0.05) is 121 Å². The second kappa shape index (κ2) is 26.5. The van der Waals surface area contributed by atoms with E-state index in [9.17, 15) is 0 Å². The van der Waals surface area contributed by atoms with Crippen LogP contribution in [-0.4, -0.2) is 39.0 Å². The number of benzene rings is 14. The second-order valence-corrected chi connectivity index (χ2v) is 30.5. The van der Waals surface area contributed by atoms with Crippen molar-refractivity contribution in [1.82, 2.24) is 39.0 Å². The summed E-state index contributed by atoms with van der Waals surface area (Å²) in [6, 6.07) is 118. The summed E-state index contributed by atoms with van der Waals surface area (Å²) in [6.45, 7) is 0. The molecule has 4 unspecified atom stereocenters. The minimum Gasteiger partial charge on any atom is -0.484 e. The lowest BCUT2D eigenvalue weighted by Gasteiger charge is -2.22. The van der Waals surface area contributed by atoms with Crippen molar-refractivity contribution in [2.75, 3.05) is 0 Å². The van der Waals surface area contributed by atoms with Crippen LogP contribution < -0.4 is 9.47 Å². The lowest BCUT2D eigenvalue weighted by atomic mass is 9.85. The fourth-order valence-corrected chi connectivity index (χ4v) is 18.6. The Morgan fingerprint density at radius 3 is 1.11 bits per heavy atom. The van der Waals surface area contributed by atoms with Gasteiger partial charge in [0.05, 0.1) is 22.4 Å². The molecule has 0 N–H and O–H groups in total. The van der Waals surface area contributed by atoms with Crippen LogP contribution in [0.15, 0.2) is 356 Å². The zero-order valence-electron chi connectivity index (χ0n) is 61.2. The maximum absolute atomic E-state index is 6.90. The van der Waals surface area contributed by atoms with Crippen LogP contribution in [0.2, 0.25) is 0 Å². The van der Waals surface area contributed by atoms with Gasteiger partial charge in [0.2, 0.25) is 0 Å². The first-order valence-corrected chi connectivity index (χ1v) is 39.3. The van der Waals surface area contributed by atoms with Gasteiger partial charge in [-0.25, -0.2) is 29.9 Å². The van der Waals surface area contributed by atoms with Crippen LogP contribution in [0.1, 0.15) is 57.7 Å². The number of para-hydroxylation sites is 3. The van der Waals surface area contributed by atoms with Crippen molar-refractivity contribution in [3.8, 4) is 113 Å². The van der Waals surface area contributed by atoms with Gasteiger partial charge >= 0.3 is 0 Å². The predicted molar refractivity (Wildman–Crippen MR) is 460 cm³/mol. The molecule has 536 valence electrons. The van der Waals surface area contributed by atoms with Crippen LogP contribution in [-0.2, 0) is 0 Å². The van der Waals surface area contributed by atoms with Crippen LogP contribution in [0.4, 0.5) is 0 Å². The number of furan rings is 1. The quantitative estimate of drug-likeness (QED) is 0.132. The lowest BCUT2D eigenvalue weighted by Crippen LogP contribution is -2.13. The highest BCUT2D eigenvalue weighted by Crippen LogP contribution is 2.56. The summed E-state index contributed by atoms with van der Waals surface area (Å²) in [6.07, 6.45) is 8.83. The van der Waals surface area contributed by atoms with Crippen LogP contribution in [0.5, 0.6) is 11.5 Å². The molecule has 0 radical (unpaired) electrons. The van der Waals surface area contributed by atoms with Gasteiger partial charge in [0.15, 0.2) is 34.9 Å². The van der Waals surface area contributed by atoms with E-state index in [-0.39, 0.29) is 24.0 Å². The standard InChI is InChI=1S/C51H32N4O2.C51H32N4OS/c1-3-11-31(12-4-1)32-19-23-36(24-20-32)55-42-17-9-7-16-40(42)47-43(55)27-26-39-41-29-34(22-28-45(41)57-48(39)47)50-52-49(33-13-5-2-6-14-33)53-51(54-50)35-21-25-38-37-15-8-10-18-44(37)56-46(38)30-35;1-3-11-31(12-4-1)32-19-23-36(24-20-32)55-42-17-9-7-16-40(42)47-43(55)27-26-39-41-29-34(22-28-44(41)56-48(39)47)50-52-49(33-13-5-2-6-14-33)53-51(54-50)35-21-25-38-37-15-8-10-18-45(37)57-46(38)30-35/h2*1-30,39,48H. The average Bonchev–Trinajstić information content (AvgIpc) is 1.56. The molecule has 8 heterocycles. The molecule has 114 heavy (non-hydrogen) atoms. The number of hydrogen-bond donors (Lipinski definition) is 0. The van der Waals surface area contributed by atoms with E-state index in [1.807, 2.05) is 72.8 Å². The van der Waals surface area contributed by atoms with Gasteiger partial charge in [0.1, 0.15) is 34.9 Å². The van der Waals surface area contributed by atoms with Crippen molar-refractivity contribution < 1.29 is 13.9 Å². The molecule has 0 bridgehead atoms. The summed E-state index contributed by atoms with van der Waals surface area (Å²) >= 11 is 1.80. The molecule has 6 aromatic heterocycles. The van der Waals surface area contributed by atoms with Crippen molar-refractivity contribution in [2.24, 2.45) is 0 Å². The number of nitrogens with zero attached hydrogens (tertiary/aromatic N) is 8. The van der Waals surface area contributed by atoms with E-state index < -0.39 is 0 Å². The topological polar surface area (TPSA) is 119 Å². The van der Waals surface area contributed by atoms with Gasteiger partial charge in [-0.05, 0) is 138 Å². The third-order valence-electron chi connectivity index (χ3n) is 22.9. The van der Waals surface area contributed by atoms with E-state index >= 15 is 0 Å². The lowest BCUT2D eigenvalue weighted by molar-refractivity contribution is 0.224. The molecule has 0 saturated heterocycles. The molecule has 12 heteroatoms. The van der Waals surface area contributed by atoms with E-state index in [1.165, 1.54) is 69.8 Å². The summed E-state index contributed by atoms with van der Waals surface area (Å²) in [5.41, 5.74) is 23.5. The monoisotopic (exact) mass is 1480 g/mol. The Kier molecular flexibility index (Phi) is 15.2. The molecule has 0 spiro atoms. The van der Waals surface area contributed by atoms with Crippen molar-refractivity contribution in [3.63, 3.8) is 0 Å². The van der Waals surface area contributed by atoms with E-state index in [1.54, 1.807) is 11.3 Å². The normalized spacial score (nSPS) is 15.4. The van der Waals surface area contributed by atoms with Crippen molar-refractivity contribution in [1.29, 1.82) is 0 Å². The Bertz CT molecular complexity index is 6880. The summed E-state index contributed by atoms with van der Waals surface area (Å²) in [7, 11) is 0. The Balaban J connectivity index is 0.000000135. The summed E-state index contributed by atoms with van der Waals surface area (Å²) in [4.78, 5) is 30.4. The van der Waals surface area contributed by atoms with E-state index in [0.717, 1.165) is 106 Å². The molecule has 2 aliphatic heterocycles. The second-order valence-electron chi connectivity index (χ2n) is 29.4. The number of hydrogen-bond acceptors (Lipinski definition) is 10. The summed E-state index contributed by atoms with van der Waals surface area (Å²) in [5.74, 6) is 5.57. The molecule has 14 aromatic carbocycles. The third-order valence-corrected chi connectivity index (χ3v) is 24.0. The first-order chi connectivity index (χ1) is 56.5. The van der Waals surface area contributed by atoms with Gasteiger partial charge in [-0.1, -0.05) is 249 Å². The van der Waals surface area contributed by atoms with Gasteiger partial charge < -0.3 is 23.0 Å². The molecule has 11 nitrogen and oxygen atoms in total. The Morgan fingerprint density at radius 1 is 0.263 bits per heavy atom. The van der Waals surface area contributed by atoms with Gasteiger partial charge in [0.25, 0.3) is 0 Å². The number of ether oxygens (including phenoxy) is 2.